The second-order valence-electron chi connectivity index (χ2n) is 4.63. The smallest absolute Gasteiger partial charge is 0.0721 e. The number of anilines is 2. The molecule has 3 rings (SSSR count). The summed E-state index contributed by atoms with van der Waals surface area (Å²) in [5.41, 5.74) is 9.53. The molecule has 3 nitrogen and oxygen atoms in total. The molecule has 20 heavy (non-hydrogen) atoms. The van der Waals surface area contributed by atoms with E-state index < -0.39 is 0 Å². The molecule has 102 valence electrons. The molecule has 0 bridgehead atoms. The number of halogens is 2. The van der Waals surface area contributed by atoms with Crippen molar-refractivity contribution in [2.24, 2.45) is 5.10 Å². The van der Waals surface area contributed by atoms with Gasteiger partial charge in [0.05, 0.1) is 11.4 Å². The largest absolute Gasteiger partial charge is 0.398 e. The Morgan fingerprint density at radius 2 is 1.85 bits per heavy atom. The fourth-order valence-electron chi connectivity index (χ4n) is 2.25. The topological polar surface area (TPSA) is 41.6 Å². The first-order valence-electron chi connectivity index (χ1n) is 6.29. The molecule has 1 aliphatic rings. The van der Waals surface area contributed by atoms with Crippen LogP contribution >= 0.6 is 23.2 Å². The molecule has 0 saturated heterocycles. The van der Waals surface area contributed by atoms with Gasteiger partial charge in [0.15, 0.2) is 0 Å². The highest BCUT2D eigenvalue weighted by Gasteiger charge is 2.19. The van der Waals surface area contributed by atoms with E-state index >= 15 is 0 Å². The third-order valence-electron chi connectivity index (χ3n) is 3.23. The standard InChI is InChI=1S/C15H13Cl2N3/c16-10-2-1-3-12(8-10)20-7-6-15(19-20)13-9-11(17)4-5-14(13)18/h1-5,8-9H,6-7,18H2. The van der Waals surface area contributed by atoms with E-state index in [-0.39, 0.29) is 0 Å². The molecule has 0 unspecified atom stereocenters. The Morgan fingerprint density at radius 1 is 1.05 bits per heavy atom. The molecule has 0 spiro atoms. The van der Waals surface area contributed by atoms with E-state index in [9.17, 15) is 0 Å². The summed E-state index contributed by atoms with van der Waals surface area (Å²) in [6.07, 6.45) is 0.830. The van der Waals surface area contributed by atoms with Gasteiger partial charge in [-0.25, -0.2) is 0 Å². The Kier molecular flexibility index (Phi) is 3.55. The number of nitrogen functional groups attached to an aromatic ring is 1. The zero-order valence-electron chi connectivity index (χ0n) is 10.7. The summed E-state index contributed by atoms with van der Waals surface area (Å²) in [4.78, 5) is 0. The summed E-state index contributed by atoms with van der Waals surface area (Å²) in [6, 6.07) is 13.1. The molecular formula is C15H13Cl2N3. The fraction of sp³-hybridized carbons (Fsp3) is 0.133. The van der Waals surface area contributed by atoms with Crippen molar-refractivity contribution in [1.29, 1.82) is 0 Å². The number of nitrogens with zero attached hydrogens (tertiary/aromatic N) is 2. The zero-order chi connectivity index (χ0) is 14.1. The Morgan fingerprint density at radius 3 is 2.65 bits per heavy atom. The maximum atomic E-state index is 6.03. The predicted octanol–water partition coefficient (Wildman–Crippen LogP) is 4.19. The average Bonchev–Trinajstić information content (AvgIpc) is 2.91. The van der Waals surface area contributed by atoms with Gasteiger partial charge in [-0.1, -0.05) is 29.3 Å². The van der Waals surface area contributed by atoms with Gasteiger partial charge in [0.2, 0.25) is 0 Å². The van der Waals surface area contributed by atoms with Crippen LogP contribution in [0.25, 0.3) is 0 Å². The Bertz CT molecular complexity index is 683. The van der Waals surface area contributed by atoms with Crippen LogP contribution in [-0.2, 0) is 0 Å². The van der Waals surface area contributed by atoms with Gasteiger partial charge in [-0.2, -0.15) is 5.10 Å². The molecule has 2 aromatic rings. The number of benzene rings is 2. The molecule has 0 saturated carbocycles. The summed E-state index contributed by atoms with van der Waals surface area (Å²) >= 11 is 12.0. The van der Waals surface area contributed by atoms with E-state index in [1.54, 1.807) is 6.07 Å². The first kappa shape index (κ1) is 13.3. The summed E-state index contributed by atoms with van der Waals surface area (Å²) in [7, 11) is 0. The van der Waals surface area contributed by atoms with Crippen molar-refractivity contribution >= 4 is 40.3 Å². The van der Waals surface area contributed by atoms with Crippen LogP contribution in [0, 0.1) is 0 Å². The van der Waals surface area contributed by atoms with Crippen LogP contribution in [0.2, 0.25) is 10.0 Å². The monoisotopic (exact) mass is 305 g/mol. The number of hydrazone groups is 1. The molecule has 0 fully saturated rings. The SMILES string of the molecule is Nc1ccc(Cl)cc1C1=NN(c2cccc(Cl)c2)CC1. The summed E-state index contributed by atoms with van der Waals surface area (Å²) in [6.45, 7) is 0.807. The molecule has 0 radical (unpaired) electrons. The molecule has 0 aliphatic carbocycles. The molecule has 1 heterocycles. The highest BCUT2D eigenvalue weighted by Crippen LogP contribution is 2.27. The summed E-state index contributed by atoms with van der Waals surface area (Å²) in [5, 5.41) is 7.92. The molecule has 2 N–H and O–H groups in total. The molecule has 2 aromatic carbocycles. The lowest BCUT2D eigenvalue weighted by Crippen LogP contribution is -2.11. The van der Waals surface area contributed by atoms with Gasteiger partial charge in [0.1, 0.15) is 0 Å². The van der Waals surface area contributed by atoms with Crippen molar-refractivity contribution < 1.29 is 0 Å². The molecule has 0 aromatic heterocycles. The van der Waals surface area contributed by atoms with Gasteiger partial charge in [-0.3, -0.25) is 5.01 Å². The van der Waals surface area contributed by atoms with Crippen molar-refractivity contribution in [3.8, 4) is 0 Å². The van der Waals surface area contributed by atoms with Crippen LogP contribution in [-0.4, -0.2) is 12.3 Å². The quantitative estimate of drug-likeness (QED) is 0.845. The van der Waals surface area contributed by atoms with Crippen LogP contribution in [0.15, 0.2) is 47.6 Å². The lowest BCUT2D eigenvalue weighted by molar-refractivity contribution is 0.922. The number of rotatable bonds is 2. The number of hydrogen-bond acceptors (Lipinski definition) is 3. The maximum absolute atomic E-state index is 6.03. The van der Waals surface area contributed by atoms with Crippen molar-refractivity contribution in [3.05, 3.63) is 58.1 Å². The van der Waals surface area contributed by atoms with Crippen molar-refractivity contribution in [1.82, 2.24) is 0 Å². The molecule has 1 aliphatic heterocycles. The van der Waals surface area contributed by atoms with Crippen molar-refractivity contribution in [2.45, 2.75) is 6.42 Å². The van der Waals surface area contributed by atoms with Crippen LogP contribution in [0.4, 0.5) is 11.4 Å². The fourth-order valence-corrected chi connectivity index (χ4v) is 2.60. The molecule has 0 atom stereocenters. The molecule has 0 amide bonds. The first-order chi connectivity index (χ1) is 9.63. The minimum Gasteiger partial charge on any atom is -0.398 e. The highest BCUT2D eigenvalue weighted by molar-refractivity contribution is 6.31. The van der Waals surface area contributed by atoms with Crippen molar-refractivity contribution in [2.75, 3.05) is 17.3 Å². The Hall–Kier alpha value is -1.71. The van der Waals surface area contributed by atoms with Gasteiger partial charge in [-0.05, 0) is 36.4 Å². The van der Waals surface area contributed by atoms with Crippen LogP contribution < -0.4 is 10.7 Å². The maximum Gasteiger partial charge on any atom is 0.0721 e. The minimum absolute atomic E-state index is 0.665. The highest BCUT2D eigenvalue weighted by atomic mass is 35.5. The van der Waals surface area contributed by atoms with E-state index in [1.165, 1.54) is 0 Å². The van der Waals surface area contributed by atoms with E-state index in [1.807, 2.05) is 41.4 Å². The van der Waals surface area contributed by atoms with E-state index in [0.717, 1.165) is 29.9 Å². The molecule has 5 heteroatoms. The van der Waals surface area contributed by atoms with Gasteiger partial charge in [0, 0.05) is 34.3 Å². The van der Waals surface area contributed by atoms with Crippen LogP contribution in [0.1, 0.15) is 12.0 Å². The normalized spacial score (nSPS) is 14.5. The van der Waals surface area contributed by atoms with Crippen molar-refractivity contribution in [3.63, 3.8) is 0 Å². The minimum atomic E-state index is 0.665. The van der Waals surface area contributed by atoms with Crippen LogP contribution in [0.5, 0.6) is 0 Å². The van der Waals surface area contributed by atoms with Gasteiger partial charge < -0.3 is 5.73 Å². The Balaban J connectivity index is 1.93. The molecular weight excluding hydrogens is 293 g/mol. The first-order valence-corrected chi connectivity index (χ1v) is 7.05. The third kappa shape index (κ3) is 2.60. The second-order valence-corrected chi connectivity index (χ2v) is 5.50. The number of hydrogen-bond donors (Lipinski definition) is 1. The van der Waals surface area contributed by atoms with Gasteiger partial charge >= 0.3 is 0 Å². The van der Waals surface area contributed by atoms with E-state index in [2.05, 4.69) is 5.10 Å². The Labute approximate surface area is 127 Å². The van der Waals surface area contributed by atoms with Gasteiger partial charge in [0.25, 0.3) is 0 Å². The number of nitrogens with two attached hydrogens (primary N) is 1. The predicted molar refractivity (Wildman–Crippen MR) is 85.8 cm³/mol. The lowest BCUT2D eigenvalue weighted by atomic mass is 10.1. The van der Waals surface area contributed by atoms with E-state index in [4.69, 9.17) is 28.9 Å². The average molecular weight is 306 g/mol. The summed E-state index contributed by atoms with van der Waals surface area (Å²) < 4.78 is 0. The second kappa shape index (κ2) is 5.35. The van der Waals surface area contributed by atoms with Gasteiger partial charge in [-0.15, -0.1) is 0 Å². The third-order valence-corrected chi connectivity index (χ3v) is 3.70. The lowest BCUT2D eigenvalue weighted by Gasteiger charge is -2.13. The van der Waals surface area contributed by atoms with Crippen LogP contribution in [0.3, 0.4) is 0 Å². The summed E-state index contributed by atoms with van der Waals surface area (Å²) in [5.74, 6) is 0. The zero-order valence-corrected chi connectivity index (χ0v) is 12.2. The van der Waals surface area contributed by atoms with E-state index in [0.29, 0.717) is 15.7 Å².